The first-order valence-corrected chi connectivity index (χ1v) is 2.95. The second kappa shape index (κ2) is 3.53. The molecule has 0 aromatic carbocycles. The molecule has 0 rings (SSSR count). The normalized spacial score (nSPS) is 12.6. The Morgan fingerprint density at radius 2 is 1.10 bits per heavy atom. The number of halogens is 1. The monoisotopic (exact) mass is 169 g/mol. The van der Waals surface area contributed by atoms with E-state index in [-0.39, 0.29) is 12.4 Å². The average molecular weight is 170 g/mol. The van der Waals surface area contributed by atoms with Crippen LogP contribution in [0.25, 0.3) is 0 Å². The molecule has 0 aliphatic carbocycles. The van der Waals surface area contributed by atoms with Gasteiger partial charge in [0.25, 0.3) is 0 Å². The van der Waals surface area contributed by atoms with Crippen molar-refractivity contribution in [3.05, 3.63) is 0 Å². The Morgan fingerprint density at radius 1 is 0.900 bits per heavy atom. The van der Waals surface area contributed by atoms with E-state index >= 15 is 0 Å². The van der Waals surface area contributed by atoms with Crippen LogP contribution in [0.15, 0.2) is 0 Å². The van der Waals surface area contributed by atoms with Gasteiger partial charge in [0.1, 0.15) is 11.4 Å². The van der Waals surface area contributed by atoms with Crippen LogP contribution in [0.3, 0.4) is 0 Å². The molecule has 0 fully saturated rings. The zero-order valence-corrected chi connectivity index (χ0v) is 7.62. The molecule has 0 spiro atoms. The highest BCUT2D eigenvalue weighted by molar-refractivity contribution is 5.85. The quantitative estimate of drug-likeness (QED) is 0.527. The maximum atomic E-state index is 9.08. The van der Waals surface area contributed by atoms with Crippen LogP contribution in [0.5, 0.6) is 0 Å². The number of rotatable bonds is 2. The van der Waals surface area contributed by atoms with Crippen LogP contribution in [0.2, 0.25) is 0 Å². The number of hydrogen-bond donors (Lipinski definition) is 3. The van der Waals surface area contributed by atoms with Crippen molar-refractivity contribution >= 4 is 12.4 Å². The zero-order valence-electron chi connectivity index (χ0n) is 6.80. The van der Waals surface area contributed by atoms with Gasteiger partial charge in [-0.1, -0.05) is 0 Å². The first-order valence-electron chi connectivity index (χ1n) is 2.95. The second-order valence-corrected chi connectivity index (χ2v) is 3.24. The molecule has 3 N–H and O–H groups in total. The molecule has 0 aliphatic rings. The van der Waals surface area contributed by atoms with Crippen molar-refractivity contribution < 1.29 is 10.2 Å². The van der Waals surface area contributed by atoms with E-state index in [1.807, 2.05) is 0 Å². The Balaban J connectivity index is 0. The summed E-state index contributed by atoms with van der Waals surface area (Å²) in [6.07, 6.45) is 0. The molecule has 0 aromatic heterocycles. The first-order chi connectivity index (χ1) is 3.71. The molecule has 10 heavy (non-hydrogen) atoms. The molecular weight excluding hydrogens is 154 g/mol. The van der Waals surface area contributed by atoms with Crippen molar-refractivity contribution in [3.63, 3.8) is 0 Å². The largest absolute Gasteiger partial charge is 0.376 e. The van der Waals surface area contributed by atoms with Crippen LogP contribution in [-0.2, 0) is 0 Å². The Kier molecular flexibility index (Phi) is 4.52. The zero-order chi connectivity index (χ0) is 7.71. The summed E-state index contributed by atoms with van der Waals surface area (Å²) >= 11 is 0. The van der Waals surface area contributed by atoms with Gasteiger partial charge in [0.15, 0.2) is 0 Å². The van der Waals surface area contributed by atoms with E-state index < -0.39 is 11.4 Å². The average Bonchev–Trinajstić information content (AvgIpc) is 1.14. The SMILES string of the molecule is CC(C)(O)NC(C)(C)O.Cl. The van der Waals surface area contributed by atoms with E-state index in [1.54, 1.807) is 27.7 Å². The van der Waals surface area contributed by atoms with Crippen LogP contribution < -0.4 is 5.32 Å². The van der Waals surface area contributed by atoms with Gasteiger partial charge in [-0.2, -0.15) is 0 Å². The summed E-state index contributed by atoms with van der Waals surface area (Å²) in [4.78, 5) is 0. The van der Waals surface area contributed by atoms with E-state index in [1.165, 1.54) is 0 Å². The van der Waals surface area contributed by atoms with Crippen LogP contribution in [0.4, 0.5) is 0 Å². The smallest absolute Gasteiger partial charge is 0.112 e. The lowest BCUT2D eigenvalue weighted by Gasteiger charge is -2.28. The highest BCUT2D eigenvalue weighted by Gasteiger charge is 2.21. The van der Waals surface area contributed by atoms with Crippen molar-refractivity contribution in [1.29, 1.82) is 0 Å². The molecule has 0 bridgehead atoms. The molecule has 0 aliphatic heterocycles. The van der Waals surface area contributed by atoms with Crippen molar-refractivity contribution in [2.24, 2.45) is 0 Å². The van der Waals surface area contributed by atoms with Gasteiger partial charge >= 0.3 is 0 Å². The number of hydrogen-bond acceptors (Lipinski definition) is 3. The van der Waals surface area contributed by atoms with Gasteiger partial charge < -0.3 is 10.2 Å². The molecule has 4 heteroatoms. The fourth-order valence-electron chi connectivity index (χ4n) is 0.749. The molecule has 0 heterocycles. The summed E-state index contributed by atoms with van der Waals surface area (Å²) < 4.78 is 0. The first kappa shape index (κ1) is 12.8. The van der Waals surface area contributed by atoms with Gasteiger partial charge in [-0.05, 0) is 27.7 Å². The van der Waals surface area contributed by atoms with Crippen LogP contribution in [-0.4, -0.2) is 21.7 Å². The Hall–Kier alpha value is 0.170. The summed E-state index contributed by atoms with van der Waals surface area (Å²) in [6, 6.07) is 0. The Bertz CT molecular complexity index is 80.9. The van der Waals surface area contributed by atoms with Crippen molar-refractivity contribution in [3.8, 4) is 0 Å². The lowest BCUT2D eigenvalue weighted by Crippen LogP contribution is -2.51. The van der Waals surface area contributed by atoms with Crippen LogP contribution in [0, 0.1) is 0 Å². The molecule has 0 saturated carbocycles. The summed E-state index contributed by atoms with van der Waals surface area (Å²) in [5.41, 5.74) is -2.03. The molecule has 0 unspecified atom stereocenters. The third kappa shape index (κ3) is 11.0. The van der Waals surface area contributed by atoms with Gasteiger partial charge in [-0.3, -0.25) is 5.32 Å². The predicted molar refractivity (Wildman–Crippen MR) is 43.0 cm³/mol. The molecule has 0 amide bonds. The lowest BCUT2D eigenvalue weighted by molar-refractivity contribution is -0.0634. The maximum absolute atomic E-state index is 9.08. The fourth-order valence-corrected chi connectivity index (χ4v) is 0.749. The van der Waals surface area contributed by atoms with E-state index in [2.05, 4.69) is 5.32 Å². The molecule has 0 aromatic rings. The minimum atomic E-state index is -1.02. The third-order valence-electron chi connectivity index (χ3n) is 0.612. The molecule has 3 nitrogen and oxygen atoms in total. The number of aliphatic hydroxyl groups is 2. The van der Waals surface area contributed by atoms with Crippen LogP contribution in [0.1, 0.15) is 27.7 Å². The van der Waals surface area contributed by atoms with E-state index in [9.17, 15) is 0 Å². The van der Waals surface area contributed by atoms with E-state index in [0.717, 1.165) is 0 Å². The fraction of sp³-hybridized carbons (Fsp3) is 1.00. The standard InChI is InChI=1S/C6H15NO2.ClH/c1-5(2,8)7-6(3,4)9;/h7-9H,1-4H3;1H. The summed E-state index contributed by atoms with van der Waals surface area (Å²) in [6.45, 7) is 6.30. The molecule has 0 radical (unpaired) electrons. The van der Waals surface area contributed by atoms with Gasteiger partial charge in [0.2, 0.25) is 0 Å². The minimum absolute atomic E-state index is 0. The third-order valence-corrected chi connectivity index (χ3v) is 0.612. The Labute approximate surface area is 67.9 Å². The lowest BCUT2D eigenvalue weighted by atomic mass is 10.2. The Morgan fingerprint density at radius 3 is 1.10 bits per heavy atom. The number of nitrogens with one attached hydrogen (secondary N) is 1. The van der Waals surface area contributed by atoms with Crippen molar-refractivity contribution in [2.45, 2.75) is 39.1 Å². The molecule has 0 saturated heterocycles. The van der Waals surface area contributed by atoms with Gasteiger partial charge in [-0.25, -0.2) is 0 Å². The van der Waals surface area contributed by atoms with E-state index in [0.29, 0.717) is 0 Å². The van der Waals surface area contributed by atoms with Gasteiger partial charge in [-0.15, -0.1) is 12.4 Å². The van der Waals surface area contributed by atoms with Crippen molar-refractivity contribution in [1.82, 2.24) is 5.32 Å². The predicted octanol–water partition coefficient (Wildman–Crippen LogP) is 0.455. The van der Waals surface area contributed by atoms with Crippen molar-refractivity contribution in [2.75, 3.05) is 0 Å². The molecule has 0 atom stereocenters. The van der Waals surface area contributed by atoms with E-state index in [4.69, 9.17) is 10.2 Å². The van der Waals surface area contributed by atoms with Crippen LogP contribution >= 0.6 is 12.4 Å². The van der Waals surface area contributed by atoms with Gasteiger partial charge in [0.05, 0.1) is 0 Å². The molecular formula is C6H16ClNO2. The summed E-state index contributed by atoms with van der Waals surface area (Å²) in [7, 11) is 0. The topological polar surface area (TPSA) is 52.5 Å². The minimum Gasteiger partial charge on any atom is -0.376 e. The highest BCUT2D eigenvalue weighted by atomic mass is 35.5. The maximum Gasteiger partial charge on any atom is 0.112 e. The summed E-state index contributed by atoms with van der Waals surface area (Å²) in [5, 5.41) is 20.7. The summed E-state index contributed by atoms with van der Waals surface area (Å²) in [5.74, 6) is 0. The van der Waals surface area contributed by atoms with Gasteiger partial charge in [0, 0.05) is 0 Å². The highest BCUT2D eigenvalue weighted by Crippen LogP contribution is 2.03. The second-order valence-electron chi connectivity index (χ2n) is 3.24. The molecule has 64 valence electrons.